The average Bonchev–Trinajstić information content (AvgIpc) is 2.16. The highest BCUT2D eigenvalue weighted by molar-refractivity contribution is 6.59. The van der Waals surface area contributed by atoms with Gasteiger partial charge in [0.05, 0.1) is 7.11 Å². The maximum atomic E-state index is 9.06. The summed E-state index contributed by atoms with van der Waals surface area (Å²) in [4.78, 5) is 0. The van der Waals surface area contributed by atoms with Crippen LogP contribution in [0.5, 0.6) is 5.75 Å². The Morgan fingerprint density at radius 1 is 1.38 bits per heavy atom. The largest absolute Gasteiger partial charge is 0.497 e. The van der Waals surface area contributed by atoms with E-state index in [0.29, 0.717) is 11.2 Å². The first-order chi connectivity index (χ1) is 6.19. The molecule has 0 saturated heterocycles. The summed E-state index contributed by atoms with van der Waals surface area (Å²) in [6, 6.07) is 5.29. The summed E-state index contributed by atoms with van der Waals surface area (Å²) in [6.07, 6.45) is 0.775. The third-order valence-corrected chi connectivity index (χ3v) is 2.01. The predicted octanol–water partition coefficient (Wildman–Crippen LogP) is -0.0626. The van der Waals surface area contributed by atoms with Gasteiger partial charge in [-0.3, -0.25) is 0 Å². The molecule has 1 rings (SSSR count). The standard InChI is InChI=1S/C9H13BO3/c1-3-7-4-5-8(13-2)6-9(7)10(11)12/h4-6,11-12H,3H2,1-2H3. The molecular formula is C9H13BO3. The van der Waals surface area contributed by atoms with Crippen LogP contribution in [-0.4, -0.2) is 24.3 Å². The van der Waals surface area contributed by atoms with Gasteiger partial charge in [-0.15, -0.1) is 0 Å². The molecule has 0 aromatic heterocycles. The van der Waals surface area contributed by atoms with Crippen LogP contribution in [0.1, 0.15) is 12.5 Å². The molecule has 0 atom stereocenters. The van der Waals surface area contributed by atoms with E-state index in [9.17, 15) is 0 Å². The fourth-order valence-electron chi connectivity index (χ4n) is 1.26. The number of benzene rings is 1. The first-order valence-corrected chi connectivity index (χ1v) is 4.22. The minimum Gasteiger partial charge on any atom is -0.497 e. The lowest BCUT2D eigenvalue weighted by Crippen LogP contribution is -2.32. The Morgan fingerprint density at radius 2 is 2.08 bits per heavy atom. The van der Waals surface area contributed by atoms with Crippen LogP contribution >= 0.6 is 0 Å². The summed E-state index contributed by atoms with van der Waals surface area (Å²) in [7, 11) is 0.124. The third kappa shape index (κ3) is 2.23. The van der Waals surface area contributed by atoms with Crippen LogP contribution in [-0.2, 0) is 6.42 Å². The molecule has 70 valence electrons. The molecule has 0 bridgehead atoms. The van der Waals surface area contributed by atoms with Crippen LogP contribution in [0.3, 0.4) is 0 Å². The number of rotatable bonds is 3. The second-order valence-corrected chi connectivity index (χ2v) is 2.79. The highest BCUT2D eigenvalue weighted by Gasteiger charge is 2.15. The zero-order valence-electron chi connectivity index (χ0n) is 7.82. The van der Waals surface area contributed by atoms with E-state index in [0.717, 1.165) is 12.0 Å². The lowest BCUT2D eigenvalue weighted by molar-refractivity contribution is 0.411. The van der Waals surface area contributed by atoms with Crippen molar-refractivity contribution in [2.75, 3.05) is 7.11 Å². The quantitative estimate of drug-likeness (QED) is 0.640. The minimum absolute atomic E-state index is 0.516. The van der Waals surface area contributed by atoms with E-state index in [1.807, 2.05) is 19.1 Å². The summed E-state index contributed by atoms with van der Waals surface area (Å²) in [5.41, 5.74) is 1.44. The van der Waals surface area contributed by atoms with Crippen molar-refractivity contribution in [2.24, 2.45) is 0 Å². The van der Waals surface area contributed by atoms with Gasteiger partial charge in [-0.2, -0.15) is 0 Å². The number of ether oxygens (including phenoxy) is 1. The number of hydrogen-bond acceptors (Lipinski definition) is 3. The molecule has 2 N–H and O–H groups in total. The number of methoxy groups -OCH3 is 1. The van der Waals surface area contributed by atoms with Crippen molar-refractivity contribution >= 4 is 12.6 Å². The lowest BCUT2D eigenvalue weighted by atomic mass is 9.76. The van der Waals surface area contributed by atoms with Gasteiger partial charge in [-0.1, -0.05) is 13.0 Å². The number of aryl methyl sites for hydroxylation is 1. The van der Waals surface area contributed by atoms with Crippen molar-refractivity contribution in [1.29, 1.82) is 0 Å². The molecule has 1 aromatic rings. The van der Waals surface area contributed by atoms with Gasteiger partial charge in [-0.25, -0.2) is 0 Å². The Morgan fingerprint density at radius 3 is 2.54 bits per heavy atom. The SMILES string of the molecule is CCc1ccc(OC)cc1B(O)O. The van der Waals surface area contributed by atoms with E-state index in [4.69, 9.17) is 14.8 Å². The van der Waals surface area contributed by atoms with Crippen molar-refractivity contribution in [3.05, 3.63) is 23.8 Å². The van der Waals surface area contributed by atoms with Crippen LogP contribution in [0, 0.1) is 0 Å². The fraction of sp³-hybridized carbons (Fsp3) is 0.333. The van der Waals surface area contributed by atoms with Gasteiger partial charge < -0.3 is 14.8 Å². The van der Waals surface area contributed by atoms with E-state index in [-0.39, 0.29) is 0 Å². The van der Waals surface area contributed by atoms with Crippen molar-refractivity contribution in [2.45, 2.75) is 13.3 Å². The van der Waals surface area contributed by atoms with Gasteiger partial charge in [0, 0.05) is 0 Å². The first kappa shape index (κ1) is 10.1. The minimum atomic E-state index is -1.43. The Bertz CT molecular complexity index is 286. The normalized spacial score (nSPS) is 9.85. The Labute approximate surface area is 78.1 Å². The number of hydrogen-bond donors (Lipinski definition) is 2. The fourth-order valence-corrected chi connectivity index (χ4v) is 1.26. The smallest absolute Gasteiger partial charge is 0.488 e. The van der Waals surface area contributed by atoms with Gasteiger partial charge in [0.1, 0.15) is 5.75 Å². The van der Waals surface area contributed by atoms with E-state index in [1.165, 1.54) is 0 Å². The molecule has 0 radical (unpaired) electrons. The van der Waals surface area contributed by atoms with Crippen molar-refractivity contribution in [3.8, 4) is 5.75 Å². The van der Waals surface area contributed by atoms with E-state index < -0.39 is 7.12 Å². The molecule has 0 spiro atoms. The molecule has 0 fully saturated rings. The molecule has 4 heteroatoms. The first-order valence-electron chi connectivity index (χ1n) is 4.22. The molecular weight excluding hydrogens is 167 g/mol. The van der Waals surface area contributed by atoms with Gasteiger partial charge in [-0.05, 0) is 29.6 Å². The molecule has 0 saturated carbocycles. The maximum Gasteiger partial charge on any atom is 0.488 e. The van der Waals surface area contributed by atoms with Crippen molar-refractivity contribution in [3.63, 3.8) is 0 Å². The Kier molecular flexibility index (Phi) is 3.34. The zero-order chi connectivity index (χ0) is 9.84. The summed E-state index contributed by atoms with van der Waals surface area (Å²) >= 11 is 0. The highest BCUT2D eigenvalue weighted by atomic mass is 16.5. The van der Waals surface area contributed by atoms with Crippen LogP contribution in [0.2, 0.25) is 0 Å². The van der Waals surface area contributed by atoms with Crippen LogP contribution in [0.15, 0.2) is 18.2 Å². The van der Waals surface area contributed by atoms with Gasteiger partial charge in [0.2, 0.25) is 0 Å². The molecule has 0 amide bonds. The van der Waals surface area contributed by atoms with E-state index in [2.05, 4.69) is 0 Å². The molecule has 3 nitrogen and oxygen atoms in total. The summed E-state index contributed by atoms with van der Waals surface area (Å²) in [6.45, 7) is 1.97. The van der Waals surface area contributed by atoms with E-state index in [1.54, 1.807) is 13.2 Å². The Balaban J connectivity index is 3.10. The van der Waals surface area contributed by atoms with E-state index >= 15 is 0 Å². The molecule has 13 heavy (non-hydrogen) atoms. The average molecular weight is 180 g/mol. The predicted molar refractivity (Wildman–Crippen MR) is 52.2 cm³/mol. The van der Waals surface area contributed by atoms with Gasteiger partial charge in [0.15, 0.2) is 0 Å². The molecule has 0 heterocycles. The molecule has 1 aromatic carbocycles. The molecule has 0 aliphatic rings. The Hall–Kier alpha value is -0.995. The second-order valence-electron chi connectivity index (χ2n) is 2.79. The highest BCUT2D eigenvalue weighted by Crippen LogP contribution is 2.10. The van der Waals surface area contributed by atoms with Crippen LogP contribution in [0.4, 0.5) is 0 Å². The van der Waals surface area contributed by atoms with Gasteiger partial charge >= 0.3 is 7.12 Å². The summed E-state index contributed by atoms with van der Waals surface area (Å²) in [5, 5.41) is 18.1. The van der Waals surface area contributed by atoms with Crippen LogP contribution < -0.4 is 10.2 Å². The third-order valence-electron chi connectivity index (χ3n) is 2.01. The topological polar surface area (TPSA) is 49.7 Å². The monoisotopic (exact) mass is 180 g/mol. The maximum absolute atomic E-state index is 9.06. The molecule has 0 unspecified atom stereocenters. The van der Waals surface area contributed by atoms with Crippen molar-refractivity contribution < 1.29 is 14.8 Å². The summed E-state index contributed by atoms with van der Waals surface area (Å²) in [5.74, 6) is 0.639. The molecule has 0 aliphatic carbocycles. The summed E-state index contributed by atoms with van der Waals surface area (Å²) < 4.78 is 4.98. The van der Waals surface area contributed by atoms with Gasteiger partial charge in [0.25, 0.3) is 0 Å². The van der Waals surface area contributed by atoms with Crippen molar-refractivity contribution in [1.82, 2.24) is 0 Å². The molecule has 0 aliphatic heterocycles. The second kappa shape index (κ2) is 4.30. The lowest BCUT2D eigenvalue weighted by Gasteiger charge is -2.08. The zero-order valence-corrected chi connectivity index (χ0v) is 7.82. The van der Waals surface area contributed by atoms with Crippen LogP contribution in [0.25, 0.3) is 0 Å².